The molecule has 0 saturated carbocycles. The summed E-state index contributed by atoms with van der Waals surface area (Å²) in [6.45, 7) is 0. The molecule has 1 aromatic heterocycles. The number of aldehydes is 1. The fraction of sp³-hybridized carbons (Fsp3) is 0. The molecular weight excluding hydrogens is 206 g/mol. The van der Waals surface area contributed by atoms with Gasteiger partial charge in [0.15, 0.2) is 6.29 Å². The molecule has 0 saturated heterocycles. The third-order valence-electron chi connectivity index (χ3n) is 1.80. The normalized spacial score (nSPS) is 10.3. The first kappa shape index (κ1) is 9.38. The largest absolute Gasteiger partial charge is 0.298 e. The molecule has 1 N–H and O–H groups in total. The SMILES string of the molecule is O=Cc1c(F)cc(F)cc1-c1nn[nH]n1. The van der Waals surface area contributed by atoms with Gasteiger partial charge in [0.1, 0.15) is 11.6 Å². The lowest BCUT2D eigenvalue weighted by atomic mass is 10.1. The summed E-state index contributed by atoms with van der Waals surface area (Å²) >= 11 is 0. The number of aromatic nitrogens is 4. The van der Waals surface area contributed by atoms with Crippen molar-refractivity contribution in [3.63, 3.8) is 0 Å². The molecule has 0 radical (unpaired) electrons. The Morgan fingerprint density at radius 1 is 1.33 bits per heavy atom. The van der Waals surface area contributed by atoms with Crippen molar-refractivity contribution in [1.82, 2.24) is 20.6 Å². The van der Waals surface area contributed by atoms with E-state index in [1.54, 1.807) is 0 Å². The van der Waals surface area contributed by atoms with Crippen molar-refractivity contribution in [1.29, 1.82) is 0 Å². The summed E-state index contributed by atoms with van der Waals surface area (Å²) in [5.74, 6) is -1.79. The van der Waals surface area contributed by atoms with Crippen molar-refractivity contribution in [2.24, 2.45) is 0 Å². The monoisotopic (exact) mass is 210 g/mol. The lowest BCUT2D eigenvalue weighted by Gasteiger charge is -2.01. The van der Waals surface area contributed by atoms with Crippen molar-refractivity contribution in [3.05, 3.63) is 29.3 Å². The van der Waals surface area contributed by atoms with Crippen LogP contribution in [0.2, 0.25) is 0 Å². The lowest BCUT2D eigenvalue weighted by molar-refractivity contribution is 0.112. The van der Waals surface area contributed by atoms with E-state index in [9.17, 15) is 13.6 Å². The number of benzene rings is 1. The van der Waals surface area contributed by atoms with Gasteiger partial charge in [0.25, 0.3) is 0 Å². The molecule has 2 aromatic rings. The number of halogens is 2. The van der Waals surface area contributed by atoms with Gasteiger partial charge in [-0.25, -0.2) is 8.78 Å². The predicted molar refractivity (Wildman–Crippen MR) is 44.9 cm³/mol. The number of tetrazole rings is 1. The second-order valence-electron chi connectivity index (χ2n) is 2.70. The summed E-state index contributed by atoms with van der Waals surface area (Å²) in [7, 11) is 0. The number of H-pyrrole nitrogens is 1. The Hall–Kier alpha value is -2.18. The number of hydrogen-bond donors (Lipinski definition) is 1. The minimum Gasteiger partial charge on any atom is -0.298 e. The number of carbonyl (C=O) groups is 1. The number of carbonyl (C=O) groups excluding carboxylic acids is 1. The highest BCUT2D eigenvalue weighted by molar-refractivity contribution is 5.85. The standard InChI is InChI=1S/C8H4F2N4O/c9-4-1-5(8-11-13-14-12-8)6(3-15)7(10)2-4/h1-3H,(H,11,12,13,14). The summed E-state index contributed by atoms with van der Waals surface area (Å²) < 4.78 is 26.0. The van der Waals surface area contributed by atoms with E-state index in [4.69, 9.17) is 0 Å². The highest BCUT2D eigenvalue weighted by Crippen LogP contribution is 2.21. The van der Waals surface area contributed by atoms with E-state index in [1.807, 2.05) is 0 Å². The van der Waals surface area contributed by atoms with Crippen LogP contribution in [-0.4, -0.2) is 26.9 Å². The first-order valence-corrected chi connectivity index (χ1v) is 3.90. The lowest BCUT2D eigenvalue weighted by Crippen LogP contribution is -1.96. The third-order valence-corrected chi connectivity index (χ3v) is 1.80. The molecule has 76 valence electrons. The molecule has 0 aliphatic heterocycles. The molecule has 0 fully saturated rings. The van der Waals surface area contributed by atoms with Crippen LogP contribution in [0.5, 0.6) is 0 Å². The van der Waals surface area contributed by atoms with Crippen LogP contribution in [0, 0.1) is 11.6 Å². The van der Waals surface area contributed by atoms with Gasteiger partial charge < -0.3 is 0 Å². The van der Waals surface area contributed by atoms with Crippen molar-refractivity contribution in [2.75, 3.05) is 0 Å². The molecule has 0 bridgehead atoms. The Kier molecular flexibility index (Phi) is 2.20. The van der Waals surface area contributed by atoms with Crippen LogP contribution in [-0.2, 0) is 0 Å². The van der Waals surface area contributed by atoms with E-state index in [-0.39, 0.29) is 23.2 Å². The summed E-state index contributed by atoms with van der Waals surface area (Å²) in [4.78, 5) is 10.6. The number of nitrogens with one attached hydrogen (secondary N) is 1. The first-order chi connectivity index (χ1) is 7.22. The van der Waals surface area contributed by atoms with E-state index in [2.05, 4.69) is 20.6 Å². The van der Waals surface area contributed by atoms with E-state index < -0.39 is 11.6 Å². The summed E-state index contributed by atoms with van der Waals surface area (Å²) in [5, 5.41) is 12.4. The molecule has 15 heavy (non-hydrogen) atoms. The molecule has 0 aliphatic carbocycles. The van der Waals surface area contributed by atoms with Gasteiger partial charge in [-0.05, 0) is 11.3 Å². The van der Waals surface area contributed by atoms with Gasteiger partial charge in [0.05, 0.1) is 5.56 Å². The second-order valence-corrected chi connectivity index (χ2v) is 2.70. The molecular formula is C8H4F2N4O. The Morgan fingerprint density at radius 2 is 2.13 bits per heavy atom. The molecule has 1 heterocycles. The fourth-order valence-corrected chi connectivity index (χ4v) is 1.17. The molecule has 7 heteroatoms. The van der Waals surface area contributed by atoms with Crippen molar-refractivity contribution in [2.45, 2.75) is 0 Å². The van der Waals surface area contributed by atoms with Gasteiger partial charge in [-0.3, -0.25) is 4.79 Å². The van der Waals surface area contributed by atoms with Crippen molar-refractivity contribution in [3.8, 4) is 11.4 Å². The smallest absolute Gasteiger partial charge is 0.205 e. The van der Waals surface area contributed by atoms with E-state index in [0.717, 1.165) is 6.07 Å². The molecule has 0 amide bonds. The van der Waals surface area contributed by atoms with Gasteiger partial charge in [0.2, 0.25) is 5.82 Å². The van der Waals surface area contributed by atoms with Crippen LogP contribution in [0.3, 0.4) is 0 Å². The van der Waals surface area contributed by atoms with Crippen LogP contribution >= 0.6 is 0 Å². The number of aromatic amines is 1. The summed E-state index contributed by atoms with van der Waals surface area (Å²) in [6.07, 6.45) is 0.278. The van der Waals surface area contributed by atoms with Gasteiger partial charge in [-0.15, -0.1) is 10.2 Å². The molecule has 0 atom stereocenters. The quantitative estimate of drug-likeness (QED) is 0.749. The van der Waals surface area contributed by atoms with Crippen molar-refractivity contribution < 1.29 is 13.6 Å². The average molecular weight is 210 g/mol. The molecule has 2 rings (SSSR count). The maximum atomic E-state index is 13.1. The molecule has 0 aliphatic rings. The predicted octanol–water partition coefficient (Wildman–Crippen LogP) is 0.957. The van der Waals surface area contributed by atoms with Crippen LogP contribution in [0.4, 0.5) is 8.78 Å². The highest BCUT2D eigenvalue weighted by atomic mass is 19.1. The van der Waals surface area contributed by atoms with Gasteiger partial charge in [-0.1, -0.05) is 0 Å². The number of hydrogen-bond acceptors (Lipinski definition) is 4. The minimum atomic E-state index is -0.954. The molecule has 0 spiro atoms. The molecule has 0 unspecified atom stereocenters. The highest BCUT2D eigenvalue weighted by Gasteiger charge is 2.15. The van der Waals surface area contributed by atoms with Crippen LogP contribution in [0.25, 0.3) is 11.4 Å². The Morgan fingerprint density at radius 3 is 2.73 bits per heavy atom. The van der Waals surface area contributed by atoms with Crippen molar-refractivity contribution >= 4 is 6.29 Å². The zero-order valence-electron chi connectivity index (χ0n) is 7.24. The maximum Gasteiger partial charge on any atom is 0.205 e. The van der Waals surface area contributed by atoms with Crippen LogP contribution < -0.4 is 0 Å². The van der Waals surface area contributed by atoms with Crippen LogP contribution in [0.15, 0.2) is 12.1 Å². The van der Waals surface area contributed by atoms with E-state index in [1.165, 1.54) is 0 Å². The molecule has 1 aromatic carbocycles. The average Bonchev–Trinajstić information content (AvgIpc) is 2.69. The molecule has 5 nitrogen and oxygen atoms in total. The Labute approximate surface area is 82.1 Å². The number of rotatable bonds is 2. The zero-order valence-corrected chi connectivity index (χ0v) is 7.24. The van der Waals surface area contributed by atoms with E-state index in [0.29, 0.717) is 6.07 Å². The second kappa shape index (κ2) is 3.52. The topological polar surface area (TPSA) is 71.5 Å². The van der Waals surface area contributed by atoms with Gasteiger partial charge in [-0.2, -0.15) is 5.21 Å². The fourth-order valence-electron chi connectivity index (χ4n) is 1.17. The summed E-state index contributed by atoms with van der Waals surface area (Å²) in [5.41, 5.74) is -0.325. The van der Waals surface area contributed by atoms with E-state index >= 15 is 0 Å². The third kappa shape index (κ3) is 1.58. The first-order valence-electron chi connectivity index (χ1n) is 3.90. The summed E-state index contributed by atoms with van der Waals surface area (Å²) in [6, 6.07) is 1.59. The van der Waals surface area contributed by atoms with Gasteiger partial charge in [0, 0.05) is 11.6 Å². The zero-order chi connectivity index (χ0) is 10.8. The maximum absolute atomic E-state index is 13.1. The van der Waals surface area contributed by atoms with Gasteiger partial charge >= 0.3 is 0 Å². The Bertz CT molecular complexity index is 498. The van der Waals surface area contributed by atoms with Crippen LogP contribution in [0.1, 0.15) is 10.4 Å². The Balaban J connectivity index is 2.69. The minimum absolute atomic E-state index is 0.0312. The number of nitrogens with zero attached hydrogens (tertiary/aromatic N) is 3.